The van der Waals surface area contributed by atoms with Gasteiger partial charge in [0.05, 0.1) is 15.2 Å². The number of fused-ring (bicyclic) bond motifs is 1. The lowest BCUT2D eigenvalue weighted by atomic mass is 9.97. The Hall–Kier alpha value is -1.95. The molecule has 0 radical (unpaired) electrons. The van der Waals surface area contributed by atoms with E-state index in [2.05, 4.69) is 11.1 Å². The highest BCUT2D eigenvalue weighted by Gasteiger charge is 2.26. The van der Waals surface area contributed by atoms with Crippen LogP contribution in [-0.4, -0.2) is 39.5 Å². The highest BCUT2D eigenvalue weighted by atomic mass is 32.1. The molecule has 1 aromatic carbocycles. The van der Waals surface area contributed by atoms with Crippen LogP contribution in [0.1, 0.15) is 56.4 Å². The number of likely N-dealkylation sites (tertiary alicyclic amines) is 1. The van der Waals surface area contributed by atoms with Crippen molar-refractivity contribution in [1.82, 2.24) is 9.88 Å². The predicted molar refractivity (Wildman–Crippen MR) is 103 cm³/mol. The normalized spacial score (nSPS) is 17.5. The maximum atomic E-state index is 12.6. The van der Waals surface area contributed by atoms with E-state index in [0.717, 1.165) is 55.6 Å². The Morgan fingerprint density at radius 3 is 2.85 bits per heavy atom. The Morgan fingerprint density at radius 1 is 1.19 bits per heavy atom. The maximum absolute atomic E-state index is 12.6. The summed E-state index contributed by atoms with van der Waals surface area (Å²) in [4.78, 5) is 30.0. The van der Waals surface area contributed by atoms with Gasteiger partial charge in [-0.3, -0.25) is 9.59 Å². The van der Waals surface area contributed by atoms with Crippen molar-refractivity contribution in [3.63, 3.8) is 0 Å². The minimum atomic E-state index is -0.779. The summed E-state index contributed by atoms with van der Waals surface area (Å²) >= 11 is 1.73. The van der Waals surface area contributed by atoms with Crippen molar-refractivity contribution in [1.29, 1.82) is 0 Å². The summed E-state index contributed by atoms with van der Waals surface area (Å²) in [5.41, 5.74) is 1.05. The van der Waals surface area contributed by atoms with Gasteiger partial charge in [-0.25, -0.2) is 4.98 Å². The molecule has 1 unspecified atom stereocenters. The van der Waals surface area contributed by atoms with Gasteiger partial charge in [0.2, 0.25) is 5.91 Å². The Balaban J connectivity index is 1.44. The fourth-order valence-electron chi connectivity index (χ4n) is 3.64. The molecule has 5 nitrogen and oxygen atoms in total. The molecule has 0 aliphatic carbocycles. The first-order valence-electron chi connectivity index (χ1n) is 9.49. The second-order valence-corrected chi connectivity index (χ2v) is 8.07. The molecule has 1 aromatic heterocycles. The van der Waals surface area contributed by atoms with E-state index in [9.17, 15) is 9.59 Å². The van der Waals surface area contributed by atoms with Gasteiger partial charge in [-0.15, -0.1) is 11.3 Å². The van der Waals surface area contributed by atoms with Gasteiger partial charge in [0, 0.05) is 25.4 Å². The van der Waals surface area contributed by atoms with E-state index < -0.39 is 5.97 Å². The van der Waals surface area contributed by atoms with Crippen LogP contribution in [0.15, 0.2) is 24.3 Å². The van der Waals surface area contributed by atoms with Gasteiger partial charge in [0.15, 0.2) is 0 Å². The molecule has 1 N–H and O–H groups in total. The van der Waals surface area contributed by atoms with E-state index in [1.807, 2.05) is 23.1 Å². The second kappa shape index (κ2) is 9.12. The van der Waals surface area contributed by atoms with Gasteiger partial charge in [0.25, 0.3) is 0 Å². The molecule has 1 saturated heterocycles. The summed E-state index contributed by atoms with van der Waals surface area (Å²) < 4.78 is 1.22. The number of hydrogen-bond acceptors (Lipinski definition) is 4. The van der Waals surface area contributed by atoms with Crippen LogP contribution in [0.5, 0.6) is 0 Å². The highest BCUT2D eigenvalue weighted by molar-refractivity contribution is 7.18. The number of aryl methyl sites for hydroxylation is 1. The van der Waals surface area contributed by atoms with Gasteiger partial charge >= 0.3 is 5.97 Å². The first-order chi connectivity index (χ1) is 12.6. The van der Waals surface area contributed by atoms with Gasteiger partial charge < -0.3 is 10.0 Å². The zero-order valence-corrected chi connectivity index (χ0v) is 15.8. The standard InChI is InChI=1S/C20H26N2O3S/c23-19(22-14-6-5-7-15(22)12-13-20(24)25)11-4-3-10-18-21-16-8-1-2-9-17(16)26-18/h1-2,8-9,15H,3-7,10-14H2,(H,24,25). The molecule has 1 aliphatic heterocycles. The highest BCUT2D eigenvalue weighted by Crippen LogP contribution is 2.24. The largest absolute Gasteiger partial charge is 0.481 e. The van der Waals surface area contributed by atoms with E-state index in [1.165, 1.54) is 4.70 Å². The third-order valence-electron chi connectivity index (χ3n) is 5.01. The average molecular weight is 375 g/mol. The summed E-state index contributed by atoms with van der Waals surface area (Å²) in [5, 5.41) is 10.0. The smallest absolute Gasteiger partial charge is 0.303 e. The Kier molecular flexibility index (Phi) is 6.61. The molecule has 1 fully saturated rings. The van der Waals surface area contributed by atoms with Crippen LogP contribution in [-0.2, 0) is 16.0 Å². The molecule has 2 heterocycles. The summed E-state index contributed by atoms with van der Waals surface area (Å²) in [6.07, 6.45) is 7.05. The number of carbonyl (C=O) groups is 2. The Labute approximate surface area is 158 Å². The van der Waals surface area contributed by atoms with Crippen molar-refractivity contribution >= 4 is 33.4 Å². The third-order valence-corrected chi connectivity index (χ3v) is 6.10. The number of unbranched alkanes of at least 4 members (excludes halogenated alkanes) is 1. The lowest BCUT2D eigenvalue weighted by molar-refractivity contribution is -0.140. The molecule has 2 aromatic rings. The lowest BCUT2D eigenvalue weighted by Gasteiger charge is -2.35. The number of rotatable bonds is 8. The zero-order valence-electron chi connectivity index (χ0n) is 15.0. The van der Waals surface area contributed by atoms with Crippen LogP contribution in [0.2, 0.25) is 0 Å². The number of hydrogen-bond donors (Lipinski definition) is 1. The van der Waals surface area contributed by atoms with Gasteiger partial charge in [-0.1, -0.05) is 12.1 Å². The van der Waals surface area contributed by atoms with Crippen molar-refractivity contribution in [3.8, 4) is 0 Å². The molecule has 1 aliphatic rings. The number of thiazole rings is 1. The molecule has 6 heteroatoms. The van der Waals surface area contributed by atoms with Crippen LogP contribution >= 0.6 is 11.3 Å². The second-order valence-electron chi connectivity index (χ2n) is 6.95. The topological polar surface area (TPSA) is 70.5 Å². The first kappa shape index (κ1) is 18.8. The molecule has 26 heavy (non-hydrogen) atoms. The summed E-state index contributed by atoms with van der Waals surface area (Å²) in [6, 6.07) is 8.27. The molecule has 1 atom stereocenters. The molecular weight excluding hydrogens is 348 g/mol. The Bertz CT molecular complexity index is 725. The third kappa shape index (κ3) is 5.04. The van der Waals surface area contributed by atoms with E-state index in [4.69, 9.17) is 5.11 Å². The summed E-state index contributed by atoms with van der Waals surface area (Å²) in [6.45, 7) is 0.779. The zero-order chi connectivity index (χ0) is 18.4. The van der Waals surface area contributed by atoms with Crippen molar-refractivity contribution in [2.45, 2.75) is 63.8 Å². The van der Waals surface area contributed by atoms with Gasteiger partial charge in [-0.2, -0.15) is 0 Å². The van der Waals surface area contributed by atoms with Gasteiger partial charge in [0.1, 0.15) is 0 Å². The van der Waals surface area contributed by atoms with Crippen LogP contribution in [0, 0.1) is 0 Å². The number of nitrogens with zero attached hydrogens (tertiary/aromatic N) is 2. The van der Waals surface area contributed by atoms with Crippen LogP contribution in [0.4, 0.5) is 0 Å². The fraction of sp³-hybridized carbons (Fsp3) is 0.550. The number of carboxylic acids is 1. The quantitative estimate of drug-likeness (QED) is 0.701. The van der Waals surface area contributed by atoms with Crippen LogP contribution in [0.3, 0.4) is 0 Å². The monoisotopic (exact) mass is 374 g/mol. The summed E-state index contributed by atoms with van der Waals surface area (Å²) in [7, 11) is 0. The maximum Gasteiger partial charge on any atom is 0.303 e. The number of carbonyl (C=O) groups excluding carboxylic acids is 1. The summed E-state index contributed by atoms with van der Waals surface area (Å²) in [5.74, 6) is -0.594. The molecule has 0 bridgehead atoms. The number of para-hydroxylation sites is 1. The molecule has 0 saturated carbocycles. The van der Waals surface area contributed by atoms with Crippen molar-refractivity contribution in [3.05, 3.63) is 29.3 Å². The number of piperidine rings is 1. The number of amides is 1. The SMILES string of the molecule is O=C(O)CCC1CCCCN1C(=O)CCCCc1nc2ccccc2s1. The molecular formula is C20H26N2O3S. The first-order valence-corrected chi connectivity index (χ1v) is 10.3. The van der Waals surface area contributed by atoms with E-state index in [1.54, 1.807) is 11.3 Å². The fourth-order valence-corrected chi connectivity index (χ4v) is 4.65. The average Bonchev–Trinajstić information content (AvgIpc) is 3.06. The predicted octanol–water partition coefficient (Wildman–Crippen LogP) is 4.26. The minimum absolute atomic E-state index is 0.108. The number of aromatic nitrogens is 1. The van der Waals surface area contributed by atoms with Gasteiger partial charge in [-0.05, 0) is 57.1 Å². The number of aliphatic carboxylic acids is 1. The molecule has 140 valence electrons. The minimum Gasteiger partial charge on any atom is -0.481 e. The van der Waals surface area contributed by atoms with Crippen molar-refractivity contribution in [2.75, 3.05) is 6.54 Å². The molecule has 1 amide bonds. The number of carboxylic acid groups (broad SMARTS) is 1. The molecule has 0 spiro atoms. The van der Waals surface area contributed by atoms with E-state index in [0.29, 0.717) is 12.8 Å². The van der Waals surface area contributed by atoms with Crippen molar-refractivity contribution < 1.29 is 14.7 Å². The van der Waals surface area contributed by atoms with Crippen LogP contribution < -0.4 is 0 Å². The Morgan fingerprint density at radius 2 is 2.04 bits per heavy atom. The van der Waals surface area contributed by atoms with E-state index in [-0.39, 0.29) is 18.4 Å². The van der Waals surface area contributed by atoms with E-state index >= 15 is 0 Å². The van der Waals surface area contributed by atoms with Crippen molar-refractivity contribution in [2.24, 2.45) is 0 Å². The molecule has 3 rings (SSSR count). The lowest BCUT2D eigenvalue weighted by Crippen LogP contribution is -2.43. The van der Waals surface area contributed by atoms with Crippen LogP contribution in [0.25, 0.3) is 10.2 Å². The number of benzene rings is 1.